The predicted octanol–water partition coefficient (Wildman–Crippen LogP) is 3.52. The maximum absolute atomic E-state index is 13.2. The molecular formula is C20H23N3O3S. The number of rotatable bonds is 7. The maximum atomic E-state index is 13.2. The molecule has 0 bridgehead atoms. The van der Waals surface area contributed by atoms with E-state index in [1.165, 1.54) is 11.3 Å². The number of nitrogens with zero attached hydrogens (tertiary/aromatic N) is 3. The molecule has 0 spiro atoms. The van der Waals surface area contributed by atoms with Crippen molar-refractivity contribution in [3.63, 3.8) is 0 Å². The number of amides is 1. The quantitative estimate of drug-likeness (QED) is 0.623. The number of methoxy groups -OCH3 is 2. The fourth-order valence-corrected chi connectivity index (χ4v) is 3.58. The number of hydrogen-bond acceptors (Lipinski definition) is 6. The number of hydrogen-bond donors (Lipinski definition) is 0. The Bertz CT molecular complexity index is 922. The van der Waals surface area contributed by atoms with Crippen LogP contribution in [0.15, 0.2) is 42.5 Å². The smallest absolute Gasteiger partial charge is 0.260 e. The summed E-state index contributed by atoms with van der Waals surface area (Å²) in [4.78, 5) is 21.6. The number of benzene rings is 2. The van der Waals surface area contributed by atoms with Gasteiger partial charge in [-0.25, -0.2) is 4.98 Å². The van der Waals surface area contributed by atoms with E-state index in [9.17, 15) is 4.79 Å². The van der Waals surface area contributed by atoms with E-state index in [4.69, 9.17) is 9.47 Å². The molecule has 2 aromatic carbocycles. The van der Waals surface area contributed by atoms with Crippen LogP contribution in [0.2, 0.25) is 0 Å². The van der Waals surface area contributed by atoms with E-state index in [-0.39, 0.29) is 5.91 Å². The number of ether oxygens (including phenoxy) is 2. The lowest BCUT2D eigenvalue weighted by Gasteiger charge is -2.22. The van der Waals surface area contributed by atoms with Crippen LogP contribution < -0.4 is 14.4 Å². The summed E-state index contributed by atoms with van der Waals surface area (Å²) >= 11 is 1.50. The number of anilines is 1. The molecule has 27 heavy (non-hydrogen) atoms. The SMILES string of the molecule is COc1ccc(C(=O)N(CCN(C)C)c2nc3cc(OC)ccc3s2)cc1. The monoisotopic (exact) mass is 385 g/mol. The normalized spacial score (nSPS) is 11.0. The minimum absolute atomic E-state index is 0.0782. The molecule has 0 fully saturated rings. The van der Waals surface area contributed by atoms with Crippen molar-refractivity contribution >= 4 is 32.6 Å². The molecule has 0 radical (unpaired) electrons. The maximum Gasteiger partial charge on any atom is 0.260 e. The molecule has 0 saturated heterocycles. The number of carbonyl (C=O) groups is 1. The first kappa shape index (κ1) is 19.1. The minimum Gasteiger partial charge on any atom is -0.497 e. The zero-order chi connectivity index (χ0) is 19.4. The zero-order valence-electron chi connectivity index (χ0n) is 15.9. The van der Waals surface area contributed by atoms with Crippen molar-refractivity contribution in [3.05, 3.63) is 48.0 Å². The Morgan fingerprint density at radius 2 is 1.67 bits per heavy atom. The Morgan fingerprint density at radius 1 is 1.00 bits per heavy atom. The lowest BCUT2D eigenvalue weighted by Crippen LogP contribution is -2.36. The van der Waals surface area contributed by atoms with Gasteiger partial charge >= 0.3 is 0 Å². The molecule has 6 nitrogen and oxygen atoms in total. The molecule has 3 rings (SSSR count). The molecule has 0 aliphatic carbocycles. The van der Waals surface area contributed by atoms with Crippen LogP contribution >= 0.6 is 11.3 Å². The number of aromatic nitrogens is 1. The van der Waals surface area contributed by atoms with Crippen molar-refractivity contribution in [1.29, 1.82) is 0 Å². The van der Waals surface area contributed by atoms with Crippen molar-refractivity contribution in [1.82, 2.24) is 9.88 Å². The van der Waals surface area contributed by atoms with Crippen LogP contribution in [0.25, 0.3) is 10.2 Å². The summed E-state index contributed by atoms with van der Waals surface area (Å²) in [6, 6.07) is 12.9. The first-order valence-electron chi connectivity index (χ1n) is 8.57. The van der Waals surface area contributed by atoms with Crippen LogP contribution in [-0.2, 0) is 0 Å². The van der Waals surface area contributed by atoms with Crippen LogP contribution in [0.1, 0.15) is 10.4 Å². The van der Waals surface area contributed by atoms with E-state index in [2.05, 4.69) is 4.98 Å². The van der Waals surface area contributed by atoms with Crippen molar-refractivity contribution in [2.24, 2.45) is 0 Å². The molecule has 142 valence electrons. The first-order valence-corrected chi connectivity index (χ1v) is 9.38. The van der Waals surface area contributed by atoms with Gasteiger partial charge in [0.05, 0.1) is 24.4 Å². The predicted molar refractivity (Wildman–Crippen MR) is 109 cm³/mol. The Labute approximate surface area is 162 Å². The third-order valence-corrected chi connectivity index (χ3v) is 5.23. The van der Waals surface area contributed by atoms with E-state index in [1.807, 2.05) is 37.2 Å². The van der Waals surface area contributed by atoms with Crippen LogP contribution in [0.3, 0.4) is 0 Å². The van der Waals surface area contributed by atoms with E-state index >= 15 is 0 Å². The average molecular weight is 385 g/mol. The third kappa shape index (κ3) is 4.37. The highest BCUT2D eigenvalue weighted by Gasteiger charge is 2.21. The van der Waals surface area contributed by atoms with Crippen LogP contribution in [-0.4, -0.2) is 57.2 Å². The molecule has 3 aromatic rings. The summed E-state index contributed by atoms with van der Waals surface area (Å²) in [7, 11) is 7.21. The van der Waals surface area contributed by atoms with Gasteiger partial charge in [0.15, 0.2) is 5.13 Å². The van der Waals surface area contributed by atoms with Gasteiger partial charge < -0.3 is 14.4 Å². The highest BCUT2D eigenvalue weighted by molar-refractivity contribution is 7.22. The van der Waals surface area contributed by atoms with Gasteiger partial charge in [0.2, 0.25) is 0 Å². The molecule has 0 atom stereocenters. The minimum atomic E-state index is -0.0782. The van der Waals surface area contributed by atoms with Gasteiger partial charge in [0.1, 0.15) is 11.5 Å². The van der Waals surface area contributed by atoms with E-state index in [0.29, 0.717) is 17.2 Å². The van der Waals surface area contributed by atoms with Gasteiger partial charge in [-0.15, -0.1) is 0 Å². The summed E-state index contributed by atoms with van der Waals surface area (Å²) < 4.78 is 11.5. The van der Waals surface area contributed by atoms with E-state index < -0.39 is 0 Å². The highest BCUT2D eigenvalue weighted by atomic mass is 32.1. The number of fused-ring (bicyclic) bond motifs is 1. The molecule has 0 N–H and O–H groups in total. The summed E-state index contributed by atoms with van der Waals surface area (Å²) in [6.45, 7) is 1.29. The van der Waals surface area contributed by atoms with Gasteiger partial charge in [-0.05, 0) is 50.5 Å². The third-order valence-electron chi connectivity index (χ3n) is 4.17. The van der Waals surface area contributed by atoms with Gasteiger partial charge in [-0.3, -0.25) is 9.69 Å². The van der Waals surface area contributed by atoms with Gasteiger partial charge in [0.25, 0.3) is 5.91 Å². The molecule has 0 unspecified atom stereocenters. The fourth-order valence-electron chi connectivity index (χ4n) is 2.61. The Morgan fingerprint density at radius 3 is 2.30 bits per heavy atom. The second-order valence-corrected chi connectivity index (χ2v) is 7.33. The Hall–Kier alpha value is -2.64. The van der Waals surface area contributed by atoms with Crippen LogP contribution in [0.5, 0.6) is 11.5 Å². The standard InChI is InChI=1S/C20H23N3O3S/c1-22(2)11-12-23(19(24)14-5-7-15(25-3)8-6-14)20-21-17-13-16(26-4)9-10-18(17)27-20/h5-10,13H,11-12H2,1-4H3. The molecule has 1 aromatic heterocycles. The number of likely N-dealkylation sites (N-methyl/N-ethyl adjacent to an activating group) is 1. The van der Waals surface area contributed by atoms with Crippen LogP contribution in [0.4, 0.5) is 5.13 Å². The largest absolute Gasteiger partial charge is 0.497 e. The van der Waals surface area contributed by atoms with E-state index in [0.717, 1.165) is 28.3 Å². The lowest BCUT2D eigenvalue weighted by atomic mass is 10.2. The summed E-state index contributed by atoms with van der Waals surface area (Å²) in [5.74, 6) is 1.39. The first-order chi connectivity index (χ1) is 13.0. The van der Waals surface area contributed by atoms with Crippen molar-refractivity contribution < 1.29 is 14.3 Å². The molecule has 0 aliphatic heterocycles. The van der Waals surface area contributed by atoms with E-state index in [1.54, 1.807) is 43.4 Å². The second-order valence-electron chi connectivity index (χ2n) is 6.32. The fraction of sp³-hybridized carbons (Fsp3) is 0.300. The second kappa shape index (κ2) is 8.37. The number of thiazole rings is 1. The molecule has 0 saturated carbocycles. The van der Waals surface area contributed by atoms with Crippen molar-refractivity contribution in [2.75, 3.05) is 46.3 Å². The molecule has 1 amide bonds. The topological polar surface area (TPSA) is 54.9 Å². The lowest BCUT2D eigenvalue weighted by molar-refractivity contribution is 0.0985. The van der Waals surface area contributed by atoms with Gasteiger partial charge in [-0.1, -0.05) is 11.3 Å². The molecule has 1 heterocycles. The zero-order valence-corrected chi connectivity index (χ0v) is 16.7. The van der Waals surface area contributed by atoms with Gasteiger partial charge in [-0.2, -0.15) is 0 Å². The highest BCUT2D eigenvalue weighted by Crippen LogP contribution is 2.32. The Kier molecular flexibility index (Phi) is 5.93. The summed E-state index contributed by atoms with van der Waals surface area (Å²) in [5.41, 5.74) is 1.43. The molecule has 7 heteroatoms. The Balaban J connectivity index is 1.95. The van der Waals surface area contributed by atoms with Crippen LogP contribution in [0, 0.1) is 0 Å². The van der Waals surface area contributed by atoms with Crippen molar-refractivity contribution in [3.8, 4) is 11.5 Å². The molecule has 0 aliphatic rings. The molecular weight excluding hydrogens is 362 g/mol. The summed E-state index contributed by atoms with van der Waals surface area (Å²) in [5, 5.41) is 0.681. The average Bonchev–Trinajstić information content (AvgIpc) is 3.10. The van der Waals surface area contributed by atoms with Gasteiger partial charge in [0, 0.05) is 24.7 Å². The van der Waals surface area contributed by atoms with Crippen molar-refractivity contribution in [2.45, 2.75) is 0 Å². The summed E-state index contributed by atoms with van der Waals surface area (Å²) in [6.07, 6.45) is 0. The number of carbonyl (C=O) groups excluding carboxylic acids is 1.